The Bertz CT molecular complexity index is 976. The maximum Gasteiger partial charge on any atom is 0.303 e. The number of aryl methyl sites for hydroxylation is 1. The summed E-state index contributed by atoms with van der Waals surface area (Å²) in [5.74, 6) is 1.84. The number of carbonyl (C=O) groups is 2. The third-order valence-corrected chi connectivity index (χ3v) is 6.00. The van der Waals surface area contributed by atoms with Gasteiger partial charge in [-0.1, -0.05) is 30.2 Å². The van der Waals surface area contributed by atoms with Gasteiger partial charge in [0.25, 0.3) is 5.91 Å². The Morgan fingerprint density at radius 2 is 2.00 bits per heavy atom. The largest absolute Gasteiger partial charge is 0.481 e. The van der Waals surface area contributed by atoms with Gasteiger partial charge in [-0.05, 0) is 36.8 Å². The number of amides is 1. The molecule has 1 amide bonds. The molecular weight excluding hydrogens is 384 g/mol. The van der Waals surface area contributed by atoms with Crippen molar-refractivity contribution in [1.82, 2.24) is 10.3 Å². The van der Waals surface area contributed by atoms with E-state index in [0.717, 1.165) is 30.4 Å². The molecule has 7 nitrogen and oxygen atoms in total. The van der Waals surface area contributed by atoms with Crippen molar-refractivity contribution >= 4 is 11.9 Å². The third kappa shape index (κ3) is 4.10. The van der Waals surface area contributed by atoms with Gasteiger partial charge in [-0.25, -0.2) is 4.98 Å². The number of aromatic nitrogens is 1. The van der Waals surface area contributed by atoms with Gasteiger partial charge in [0.1, 0.15) is 6.26 Å². The topological polar surface area (TPSA) is 102 Å². The van der Waals surface area contributed by atoms with Crippen LogP contribution < -0.4 is 5.32 Å². The van der Waals surface area contributed by atoms with E-state index in [0.29, 0.717) is 12.3 Å². The van der Waals surface area contributed by atoms with Crippen LogP contribution in [0, 0.1) is 18.3 Å². The number of nitrogens with zero attached hydrogens (tertiary/aromatic N) is 1. The molecule has 1 aromatic carbocycles. The van der Waals surface area contributed by atoms with E-state index < -0.39 is 5.97 Å². The number of terminal acetylenes is 1. The molecule has 2 N–H and O–H groups in total. The molecule has 2 bridgehead atoms. The van der Waals surface area contributed by atoms with Gasteiger partial charge in [-0.2, -0.15) is 0 Å². The number of hydrogen-bond donors (Lipinski definition) is 2. The number of nitrogens with one attached hydrogen (secondary N) is 1. The zero-order chi connectivity index (χ0) is 21.1. The zero-order valence-corrected chi connectivity index (χ0v) is 16.5. The molecule has 4 rings (SSSR count). The average molecular weight is 408 g/mol. The van der Waals surface area contributed by atoms with Crippen molar-refractivity contribution in [2.24, 2.45) is 5.92 Å². The number of ether oxygens (including phenoxy) is 1. The van der Waals surface area contributed by atoms with Crippen LogP contribution in [-0.4, -0.2) is 40.7 Å². The van der Waals surface area contributed by atoms with Crippen LogP contribution in [0.5, 0.6) is 0 Å². The van der Waals surface area contributed by atoms with Gasteiger partial charge < -0.3 is 19.6 Å². The van der Waals surface area contributed by atoms with E-state index in [-0.39, 0.29) is 48.6 Å². The minimum absolute atomic E-state index is 0.0199. The molecule has 2 aromatic rings. The summed E-state index contributed by atoms with van der Waals surface area (Å²) in [6, 6.07) is 7.95. The summed E-state index contributed by atoms with van der Waals surface area (Å²) in [6.07, 6.45) is 9.95. The van der Waals surface area contributed by atoms with Gasteiger partial charge in [0, 0.05) is 12.3 Å². The number of aliphatic carboxylic acids is 1. The average Bonchev–Trinajstić information content (AvgIpc) is 3.47. The second-order valence-corrected chi connectivity index (χ2v) is 7.80. The highest BCUT2D eigenvalue weighted by Gasteiger charge is 2.51. The molecule has 156 valence electrons. The number of hydrogen-bond acceptors (Lipinski definition) is 5. The van der Waals surface area contributed by atoms with Crippen LogP contribution >= 0.6 is 0 Å². The Morgan fingerprint density at radius 3 is 2.77 bits per heavy atom. The van der Waals surface area contributed by atoms with Crippen molar-refractivity contribution in [2.75, 3.05) is 6.54 Å². The van der Waals surface area contributed by atoms with Gasteiger partial charge in [-0.15, -0.1) is 6.42 Å². The number of carboxylic acids is 1. The summed E-state index contributed by atoms with van der Waals surface area (Å²) in [5, 5.41) is 11.6. The lowest BCUT2D eigenvalue weighted by Crippen LogP contribution is -2.28. The third-order valence-electron chi connectivity index (χ3n) is 6.00. The van der Waals surface area contributed by atoms with Crippen LogP contribution in [0.25, 0.3) is 0 Å². The SMILES string of the molecule is C#CCNC(=O)c1coc([C@H]2[C@@H](Cc3ccccc3CCC(=O)O)[C@@H]3CC[C@H]2O3)n1. The first kappa shape index (κ1) is 20.2. The summed E-state index contributed by atoms with van der Waals surface area (Å²) in [5.41, 5.74) is 2.38. The Labute approximate surface area is 174 Å². The highest BCUT2D eigenvalue weighted by Crippen LogP contribution is 2.49. The standard InChI is InChI=1S/C23H24N2O5/c1-2-11-24-22(28)17-13-29-23(25-17)21-16(18-8-9-19(21)30-18)12-15-6-4-3-5-14(15)7-10-20(26)27/h1,3-6,13,16,18-19,21H,7-12H2,(H,24,28)(H,26,27)/t16-,18-,19+,21-/m0/s1. The normalized spacial score (nSPS) is 24.5. The van der Waals surface area contributed by atoms with Crippen molar-refractivity contribution in [1.29, 1.82) is 0 Å². The second-order valence-electron chi connectivity index (χ2n) is 7.80. The van der Waals surface area contributed by atoms with Crippen LogP contribution in [-0.2, 0) is 22.4 Å². The molecule has 0 aliphatic carbocycles. The van der Waals surface area contributed by atoms with E-state index in [2.05, 4.69) is 22.3 Å². The molecule has 30 heavy (non-hydrogen) atoms. The number of carboxylic acid groups (broad SMARTS) is 1. The van der Waals surface area contributed by atoms with Crippen molar-refractivity contribution in [3.05, 3.63) is 53.2 Å². The maximum absolute atomic E-state index is 12.1. The molecule has 4 atom stereocenters. The molecule has 7 heteroatoms. The van der Waals surface area contributed by atoms with Crippen molar-refractivity contribution in [3.8, 4) is 12.3 Å². The number of benzene rings is 1. The van der Waals surface area contributed by atoms with Crippen LogP contribution in [0.2, 0.25) is 0 Å². The summed E-state index contributed by atoms with van der Waals surface area (Å²) >= 11 is 0. The summed E-state index contributed by atoms with van der Waals surface area (Å²) in [6.45, 7) is 0.133. The van der Waals surface area contributed by atoms with Gasteiger partial charge in [-0.3, -0.25) is 9.59 Å². The van der Waals surface area contributed by atoms with Crippen molar-refractivity contribution < 1.29 is 23.8 Å². The highest BCUT2D eigenvalue weighted by molar-refractivity contribution is 5.92. The number of rotatable bonds is 8. The fourth-order valence-electron chi connectivity index (χ4n) is 4.64. The van der Waals surface area contributed by atoms with Gasteiger partial charge >= 0.3 is 5.97 Å². The molecule has 0 spiro atoms. The van der Waals surface area contributed by atoms with Crippen LogP contribution in [0.1, 0.15) is 52.7 Å². The second kappa shape index (κ2) is 8.72. The fraction of sp³-hybridized carbons (Fsp3) is 0.435. The lowest BCUT2D eigenvalue weighted by atomic mass is 9.75. The van der Waals surface area contributed by atoms with E-state index in [1.807, 2.05) is 18.2 Å². The van der Waals surface area contributed by atoms with E-state index in [1.165, 1.54) is 6.26 Å². The predicted molar refractivity (Wildman–Crippen MR) is 108 cm³/mol. The van der Waals surface area contributed by atoms with E-state index in [1.54, 1.807) is 0 Å². The minimum atomic E-state index is -0.804. The first-order chi connectivity index (χ1) is 14.6. The van der Waals surface area contributed by atoms with Gasteiger partial charge in [0.15, 0.2) is 5.69 Å². The number of oxazole rings is 1. The maximum atomic E-state index is 12.1. The van der Waals surface area contributed by atoms with Gasteiger partial charge in [0.2, 0.25) is 5.89 Å². The molecule has 2 aliphatic heterocycles. The molecule has 2 saturated heterocycles. The number of fused-ring (bicyclic) bond motifs is 2. The Kier molecular flexibility index (Phi) is 5.86. The molecule has 2 aliphatic rings. The lowest BCUT2D eigenvalue weighted by Gasteiger charge is -2.26. The smallest absolute Gasteiger partial charge is 0.303 e. The predicted octanol–water partition coefficient (Wildman–Crippen LogP) is 2.56. The quantitative estimate of drug-likeness (QED) is 0.651. The van der Waals surface area contributed by atoms with E-state index in [9.17, 15) is 9.59 Å². The molecule has 2 fully saturated rings. The Morgan fingerprint density at radius 1 is 1.23 bits per heavy atom. The molecular formula is C23H24N2O5. The first-order valence-corrected chi connectivity index (χ1v) is 10.2. The minimum Gasteiger partial charge on any atom is -0.481 e. The number of carbonyl (C=O) groups excluding carboxylic acids is 1. The lowest BCUT2D eigenvalue weighted by molar-refractivity contribution is -0.136. The molecule has 1 aromatic heterocycles. The summed E-state index contributed by atoms with van der Waals surface area (Å²) in [4.78, 5) is 27.6. The van der Waals surface area contributed by atoms with Crippen molar-refractivity contribution in [2.45, 2.75) is 50.2 Å². The van der Waals surface area contributed by atoms with E-state index >= 15 is 0 Å². The molecule has 3 heterocycles. The monoisotopic (exact) mass is 408 g/mol. The first-order valence-electron chi connectivity index (χ1n) is 10.2. The summed E-state index contributed by atoms with van der Waals surface area (Å²) in [7, 11) is 0. The Hall–Kier alpha value is -3.11. The van der Waals surface area contributed by atoms with Crippen LogP contribution in [0.15, 0.2) is 34.9 Å². The highest BCUT2D eigenvalue weighted by atomic mass is 16.5. The molecule has 0 radical (unpaired) electrons. The zero-order valence-electron chi connectivity index (χ0n) is 16.5. The molecule has 0 unspecified atom stereocenters. The van der Waals surface area contributed by atoms with Crippen molar-refractivity contribution in [3.63, 3.8) is 0 Å². The molecule has 0 saturated carbocycles. The van der Waals surface area contributed by atoms with E-state index in [4.69, 9.17) is 20.7 Å². The van der Waals surface area contributed by atoms with Crippen LogP contribution in [0.4, 0.5) is 0 Å². The van der Waals surface area contributed by atoms with Gasteiger partial charge in [0.05, 0.1) is 24.7 Å². The summed E-state index contributed by atoms with van der Waals surface area (Å²) < 4.78 is 11.9. The fourth-order valence-corrected chi connectivity index (χ4v) is 4.64. The Balaban J connectivity index is 1.54. The van der Waals surface area contributed by atoms with Crippen LogP contribution in [0.3, 0.4) is 0 Å².